The minimum atomic E-state index is 0.346. The summed E-state index contributed by atoms with van der Waals surface area (Å²) in [6, 6.07) is 0. The molecule has 0 atom stereocenters. The Morgan fingerprint density at radius 1 is 1.29 bits per heavy atom. The van der Waals surface area contributed by atoms with Gasteiger partial charge in [-0.2, -0.15) is 0 Å². The number of methoxy groups -OCH3 is 1. The first-order valence-electron chi connectivity index (χ1n) is 4.67. The normalized spacial score (nSPS) is 12.1. The van der Waals surface area contributed by atoms with Crippen molar-refractivity contribution in [1.82, 2.24) is 0 Å². The van der Waals surface area contributed by atoms with E-state index in [1.807, 2.05) is 0 Å². The first-order valence-corrected chi connectivity index (χ1v) is 6.19. The van der Waals surface area contributed by atoms with Crippen molar-refractivity contribution in [3.8, 4) is 0 Å². The van der Waals surface area contributed by atoms with Gasteiger partial charge >= 0.3 is 0 Å². The number of hydrogen-bond acceptors (Lipinski definition) is 3. The molecule has 0 amide bonds. The van der Waals surface area contributed by atoms with E-state index in [9.17, 15) is 0 Å². The summed E-state index contributed by atoms with van der Waals surface area (Å²) in [5, 5.41) is 0. The molecule has 0 aromatic heterocycles. The van der Waals surface area contributed by atoms with Gasteiger partial charge < -0.3 is 14.2 Å². The molecule has 0 aromatic carbocycles. The van der Waals surface area contributed by atoms with Gasteiger partial charge in [0.05, 0.1) is 19.8 Å². The van der Waals surface area contributed by atoms with E-state index in [1.165, 1.54) is 5.57 Å². The smallest absolute Gasteiger partial charge is 0.147 e. The molecule has 0 aliphatic heterocycles. The van der Waals surface area contributed by atoms with Gasteiger partial charge in [-0.05, 0) is 13.3 Å². The summed E-state index contributed by atoms with van der Waals surface area (Å²) in [7, 11) is 1.65. The van der Waals surface area contributed by atoms with E-state index in [4.69, 9.17) is 14.2 Å². The molecule has 0 aromatic rings. The van der Waals surface area contributed by atoms with Crippen LogP contribution in [0.2, 0.25) is 0 Å². The van der Waals surface area contributed by atoms with Crippen LogP contribution in [0.5, 0.6) is 0 Å². The van der Waals surface area contributed by atoms with Crippen LogP contribution in [-0.4, -0.2) is 38.2 Å². The second-order valence-corrected chi connectivity index (χ2v) is 3.97. The van der Waals surface area contributed by atoms with Gasteiger partial charge in [0.15, 0.2) is 0 Å². The van der Waals surface area contributed by atoms with Crippen LogP contribution in [0, 0.1) is 0 Å². The SMILES string of the molecule is COCCOCOC/C(C)=C\CCI. The molecule has 0 saturated heterocycles. The van der Waals surface area contributed by atoms with Crippen molar-refractivity contribution < 1.29 is 14.2 Å². The largest absolute Gasteiger partial charge is 0.382 e. The Hall–Kier alpha value is 0.350. The first-order chi connectivity index (χ1) is 6.81. The molecule has 0 spiro atoms. The summed E-state index contributed by atoms with van der Waals surface area (Å²) < 4.78 is 16.4. The van der Waals surface area contributed by atoms with Crippen molar-refractivity contribution in [3.05, 3.63) is 11.6 Å². The molecule has 3 nitrogen and oxygen atoms in total. The monoisotopic (exact) mass is 314 g/mol. The molecule has 14 heavy (non-hydrogen) atoms. The zero-order chi connectivity index (χ0) is 10.6. The molecule has 0 radical (unpaired) electrons. The average molecular weight is 314 g/mol. The lowest BCUT2D eigenvalue weighted by atomic mass is 10.3. The van der Waals surface area contributed by atoms with Crippen LogP contribution in [0.4, 0.5) is 0 Å². The van der Waals surface area contributed by atoms with Gasteiger partial charge in [0.1, 0.15) is 6.79 Å². The van der Waals surface area contributed by atoms with E-state index in [1.54, 1.807) is 7.11 Å². The summed E-state index contributed by atoms with van der Waals surface area (Å²) >= 11 is 2.36. The van der Waals surface area contributed by atoms with Crippen molar-refractivity contribution in [2.75, 3.05) is 38.2 Å². The lowest BCUT2D eigenvalue weighted by Gasteiger charge is -2.05. The second kappa shape index (κ2) is 11.4. The Balaban J connectivity index is 3.18. The number of allylic oxidation sites excluding steroid dienone is 1. The highest BCUT2D eigenvalue weighted by atomic mass is 127. The summed E-state index contributed by atoms with van der Waals surface area (Å²) in [5.41, 5.74) is 1.26. The minimum absolute atomic E-state index is 0.346. The molecule has 0 N–H and O–H groups in total. The van der Waals surface area contributed by atoms with Gasteiger partial charge in [0, 0.05) is 11.5 Å². The van der Waals surface area contributed by atoms with Crippen LogP contribution >= 0.6 is 22.6 Å². The molecule has 0 bridgehead atoms. The fraction of sp³-hybridized carbons (Fsp3) is 0.800. The fourth-order valence-corrected chi connectivity index (χ4v) is 1.13. The molecule has 0 heterocycles. The fourth-order valence-electron chi connectivity index (χ4n) is 0.823. The second-order valence-electron chi connectivity index (χ2n) is 2.90. The molecule has 0 aliphatic rings. The summed E-state index contributed by atoms with van der Waals surface area (Å²) in [4.78, 5) is 0. The predicted octanol–water partition coefficient (Wildman–Crippen LogP) is 2.39. The van der Waals surface area contributed by atoms with Gasteiger partial charge in [-0.3, -0.25) is 0 Å². The highest BCUT2D eigenvalue weighted by Crippen LogP contribution is 1.98. The number of halogens is 1. The molecule has 0 aliphatic carbocycles. The molecule has 0 rings (SSSR count). The van der Waals surface area contributed by atoms with Crippen molar-refractivity contribution in [3.63, 3.8) is 0 Å². The maximum Gasteiger partial charge on any atom is 0.147 e. The third-order valence-electron chi connectivity index (χ3n) is 1.53. The topological polar surface area (TPSA) is 27.7 Å². The van der Waals surface area contributed by atoms with Crippen LogP contribution in [0.25, 0.3) is 0 Å². The quantitative estimate of drug-likeness (QED) is 0.215. The van der Waals surface area contributed by atoms with Gasteiger partial charge in [-0.1, -0.05) is 34.2 Å². The van der Waals surface area contributed by atoms with Crippen molar-refractivity contribution in [2.45, 2.75) is 13.3 Å². The van der Waals surface area contributed by atoms with Gasteiger partial charge in [-0.15, -0.1) is 0 Å². The lowest BCUT2D eigenvalue weighted by molar-refractivity contribution is -0.0589. The highest BCUT2D eigenvalue weighted by molar-refractivity contribution is 14.1. The van der Waals surface area contributed by atoms with Crippen LogP contribution in [0.1, 0.15) is 13.3 Å². The highest BCUT2D eigenvalue weighted by Gasteiger charge is 1.91. The summed E-state index contributed by atoms with van der Waals surface area (Å²) in [6.45, 7) is 4.28. The van der Waals surface area contributed by atoms with E-state index in [0.717, 1.165) is 10.8 Å². The Kier molecular flexibility index (Phi) is 11.7. The third-order valence-corrected chi connectivity index (χ3v) is 2.15. The number of hydrogen-bond donors (Lipinski definition) is 0. The maximum atomic E-state index is 5.29. The van der Waals surface area contributed by atoms with E-state index in [-0.39, 0.29) is 0 Å². The van der Waals surface area contributed by atoms with Gasteiger partial charge in [0.25, 0.3) is 0 Å². The number of alkyl halides is 1. The Morgan fingerprint density at radius 3 is 2.71 bits per heavy atom. The van der Waals surface area contributed by atoms with Crippen molar-refractivity contribution >= 4 is 22.6 Å². The molecule has 0 unspecified atom stereocenters. The van der Waals surface area contributed by atoms with Gasteiger partial charge in [-0.25, -0.2) is 0 Å². The first kappa shape index (κ1) is 14.3. The summed E-state index contributed by atoms with van der Waals surface area (Å²) in [6.07, 6.45) is 3.31. The lowest BCUT2D eigenvalue weighted by Crippen LogP contribution is -2.06. The van der Waals surface area contributed by atoms with Crippen LogP contribution in [0.3, 0.4) is 0 Å². The van der Waals surface area contributed by atoms with Crippen molar-refractivity contribution in [1.29, 1.82) is 0 Å². The van der Waals surface area contributed by atoms with E-state index >= 15 is 0 Å². The molecule has 0 fully saturated rings. The Labute approximate surface area is 99.9 Å². The van der Waals surface area contributed by atoms with E-state index < -0.39 is 0 Å². The molecular weight excluding hydrogens is 295 g/mol. The third kappa shape index (κ3) is 10.4. The molecule has 0 saturated carbocycles. The van der Waals surface area contributed by atoms with E-state index in [2.05, 4.69) is 35.6 Å². The number of rotatable bonds is 9. The molecular formula is C10H19IO3. The van der Waals surface area contributed by atoms with Crippen LogP contribution < -0.4 is 0 Å². The summed E-state index contributed by atoms with van der Waals surface area (Å²) in [5.74, 6) is 0. The molecule has 4 heteroatoms. The minimum Gasteiger partial charge on any atom is -0.382 e. The van der Waals surface area contributed by atoms with Gasteiger partial charge in [0.2, 0.25) is 0 Å². The average Bonchev–Trinajstić information content (AvgIpc) is 2.20. The van der Waals surface area contributed by atoms with E-state index in [0.29, 0.717) is 26.6 Å². The van der Waals surface area contributed by atoms with Crippen LogP contribution in [0.15, 0.2) is 11.6 Å². The number of ether oxygens (including phenoxy) is 3. The predicted molar refractivity (Wildman–Crippen MR) is 65.9 cm³/mol. The zero-order valence-corrected chi connectivity index (χ0v) is 11.1. The molecule has 84 valence electrons. The standard InChI is InChI=1S/C10H19IO3/c1-10(4-3-5-11)8-14-9-13-7-6-12-2/h4H,3,5-9H2,1-2H3/b10-4-. The zero-order valence-electron chi connectivity index (χ0n) is 8.92. The van der Waals surface area contributed by atoms with Crippen molar-refractivity contribution in [2.24, 2.45) is 0 Å². The van der Waals surface area contributed by atoms with Crippen LogP contribution in [-0.2, 0) is 14.2 Å². The Bertz CT molecular complexity index is 148. The Morgan fingerprint density at radius 2 is 2.07 bits per heavy atom. The maximum absolute atomic E-state index is 5.29.